The van der Waals surface area contributed by atoms with Crippen molar-refractivity contribution in [3.63, 3.8) is 0 Å². The van der Waals surface area contributed by atoms with Gasteiger partial charge in [0.15, 0.2) is 0 Å². The number of hydrogen-bond donors (Lipinski definition) is 1. The molecule has 33 heavy (non-hydrogen) atoms. The molecular formula is C24H35N5O3S. The maximum atomic E-state index is 12.7. The first-order chi connectivity index (χ1) is 16.0. The van der Waals surface area contributed by atoms with E-state index in [1.54, 1.807) is 33.7 Å². The Morgan fingerprint density at radius 3 is 2.45 bits per heavy atom. The van der Waals surface area contributed by atoms with Crippen LogP contribution in [-0.2, 0) is 16.1 Å². The molecule has 1 aromatic carbocycles. The number of benzene rings is 1. The third-order valence-corrected chi connectivity index (χ3v) is 7.67. The van der Waals surface area contributed by atoms with Crippen molar-refractivity contribution in [2.24, 2.45) is 0 Å². The van der Waals surface area contributed by atoms with Crippen LogP contribution in [0.3, 0.4) is 0 Å². The molecule has 0 saturated carbocycles. The summed E-state index contributed by atoms with van der Waals surface area (Å²) in [6, 6.07) is 7.02. The predicted octanol–water partition coefficient (Wildman–Crippen LogP) is 1.08. The molecule has 3 aliphatic rings. The minimum Gasteiger partial charge on any atom is -0.352 e. The third kappa shape index (κ3) is 6.07. The van der Waals surface area contributed by atoms with E-state index in [1.807, 2.05) is 12.1 Å². The van der Waals surface area contributed by atoms with E-state index in [2.05, 4.69) is 22.0 Å². The second-order valence-electron chi connectivity index (χ2n) is 9.06. The van der Waals surface area contributed by atoms with Gasteiger partial charge in [-0.3, -0.25) is 14.4 Å². The summed E-state index contributed by atoms with van der Waals surface area (Å²) < 4.78 is 0. The van der Waals surface area contributed by atoms with Crippen molar-refractivity contribution >= 4 is 29.5 Å². The van der Waals surface area contributed by atoms with Crippen LogP contribution in [0.4, 0.5) is 0 Å². The van der Waals surface area contributed by atoms with Gasteiger partial charge in [0.05, 0.1) is 5.88 Å². The van der Waals surface area contributed by atoms with E-state index < -0.39 is 0 Å². The van der Waals surface area contributed by atoms with Crippen molar-refractivity contribution < 1.29 is 14.4 Å². The van der Waals surface area contributed by atoms with Crippen molar-refractivity contribution in [2.75, 3.05) is 64.0 Å². The summed E-state index contributed by atoms with van der Waals surface area (Å²) >= 11 is 1.63. The number of amides is 3. The summed E-state index contributed by atoms with van der Waals surface area (Å²) in [4.78, 5) is 45.8. The molecule has 8 nitrogen and oxygen atoms in total. The van der Waals surface area contributed by atoms with Gasteiger partial charge in [-0.05, 0) is 43.6 Å². The smallest absolute Gasteiger partial charge is 0.251 e. The lowest BCUT2D eigenvalue weighted by molar-refractivity contribution is -0.153. The fourth-order valence-corrected chi connectivity index (χ4v) is 5.88. The van der Waals surface area contributed by atoms with Crippen molar-refractivity contribution in [3.05, 3.63) is 35.4 Å². The number of carbonyl (C=O) groups excluding carboxylic acids is 3. The molecule has 3 amide bonds. The van der Waals surface area contributed by atoms with Crippen LogP contribution in [0.1, 0.15) is 35.7 Å². The zero-order valence-corrected chi connectivity index (χ0v) is 20.3. The van der Waals surface area contributed by atoms with Gasteiger partial charge in [-0.2, -0.15) is 0 Å². The fourth-order valence-electron chi connectivity index (χ4n) is 4.71. The SMILES string of the molecule is CCCN1CCN(CCCNC(=O)c2ccc(CN3CC(=O)N4CSC[C@@H]4C3=O)cc2)CC1. The Bertz CT molecular complexity index is 841. The maximum Gasteiger partial charge on any atom is 0.251 e. The van der Waals surface area contributed by atoms with E-state index in [1.165, 1.54) is 13.0 Å². The average molecular weight is 474 g/mol. The molecule has 3 saturated heterocycles. The summed E-state index contributed by atoms with van der Waals surface area (Å²) in [5.41, 5.74) is 1.54. The molecule has 0 unspecified atom stereocenters. The second-order valence-corrected chi connectivity index (χ2v) is 10.1. The lowest BCUT2D eigenvalue weighted by Crippen LogP contribution is -2.57. The number of thioether (sulfide) groups is 1. The average Bonchev–Trinajstić information content (AvgIpc) is 3.33. The number of rotatable bonds is 9. The first-order valence-corrected chi connectivity index (χ1v) is 13.2. The van der Waals surface area contributed by atoms with Crippen LogP contribution in [0.5, 0.6) is 0 Å². The number of piperazine rings is 2. The van der Waals surface area contributed by atoms with Crippen molar-refractivity contribution in [1.29, 1.82) is 0 Å². The van der Waals surface area contributed by atoms with E-state index in [-0.39, 0.29) is 30.3 Å². The Labute approximate surface area is 200 Å². The number of fused-ring (bicyclic) bond motifs is 1. The molecule has 0 radical (unpaired) electrons. The lowest BCUT2D eigenvalue weighted by Gasteiger charge is -2.35. The third-order valence-electron chi connectivity index (χ3n) is 6.66. The highest BCUT2D eigenvalue weighted by Gasteiger charge is 2.42. The van der Waals surface area contributed by atoms with E-state index >= 15 is 0 Å². The molecule has 0 aliphatic carbocycles. The van der Waals surface area contributed by atoms with Crippen LogP contribution in [0.25, 0.3) is 0 Å². The second kappa shape index (κ2) is 11.4. The molecule has 3 fully saturated rings. The van der Waals surface area contributed by atoms with Crippen LogP contribution in [0, 0.1) is 0 Å². The van der Waals surface area contributed by atoms with Gasteiger partial charge in [-0.25, -0.2) is 0 Å². The van der Waals surface area contributed by atoms with Gasteiger partial charge >= 0.3 is 0 Å². The molecule has 180 valence electrons. The Morgan fingerprint density at radius 1 is 1.06 bits per heavy atom. The maximum absolute atomic E-state index is 12.7. The largest absolute Gasteiger partial charge is 0.352 e. The van der Waals surface area contributed by atoms with E-state index in [0.717, 1.165) is 44.7 Å². The predicted molar refractivity (Wildman–Crippen MR) is 130 cm³/mol. The number of hydrogen-bond acceptors (Lipinski definition) is 6. The molecule has 3 heterocycles. The topological polar surface area (TPSA) is 76.2 Å². The van der Waals surface area contributed by atoms with Gasteiger partial charge in [0.25, 0.3) is 5.91 Å². The molecule has 1 atom stereocenters. The van der Waals surface area contributed by atoms with Crippen LogP contribution in [0.15, 0.2) is 24.3 Å². The standard InChI is InChI=1S/C24H35N5O3S/c1-2-9-26-11-13-27(14-12-26)10-3-8-25-23(31)20-6-4-19(5-7-20)15-28-16-22(30)29-18-33-17-21(29)24(28)32/h4-7,21H,2-3,8-18H2,1H3,(H,25,31)/t21-/m1/s1. The Kier molecular flexibility index (Phi) is 8.27. The number of nitrogens with zero attached hydrogens (tertiary/aromatic N) is 4. The highest BCUT2D eigenvalue weighted by Crippen LogP contribution is 2.26. The van der Waals surface area contributed by atoms with Crippen LogP contribution >= 0.6 is 11.8 Å². The minimum absolute atomic E-state index is 0.0171. The first-order valence-electron chi connectivity index (χ1n) is 12.0. The molecule has 0 bridgehead atoms. The molecular weight excluding hydrogens is 438 g/mol. The summed E-state index contributed by atoms with van der Waals surface area (Å²) in [6.45, 7) is 10.1. The monoisotopic (exact) mass is 473 g/mol. The molecule has 1 aromatic rings. The number of carbonyl (C=O) groups is 3. The van der Waals surface area contributed by atoms with Crippen LogP contribution in [0.2, 0.25) is 0 Å². The highest BCUT2D eigenvalue weighted by molar-refractivity contribution is 7.99. The van der Waals surface area contributed by atoms with Gasteiger partial charge in [0.2, 0.25) is 11.8 Å². The van der Waals surface area contributed by atoms with Crippen LogP contribution in [-0.4, -0.2) is 107 Å². The summed E-state index contributed by atoms with van der Waals surface area (Å²) in [7, 11) is 0. The van der Waals surface area contributed by atoms with E-state index in [9.17, 15) is 14.4 Å². The van der Waals surface area contributed by atoms with Crippen LogP contribution < -0.4 is 5.32 Å². The van der Waals surface area contributed by atoms with Gasteiger partial charge < -0.3 is 24.9 Å². The zero-order valence-electron chi connectivity index (χ0n) is 19.5. The van der Waals surface area contributed by atoms with Gasteiger partial charge in [0, 0.05) is 50.6 Å². The Balaban J connectivity index is 1.18. The number of nitrogens with one attached hydrogen (secondary N) is 1. The summed E-state index contributed by atoms with van der Waals surface area (Å²) in [5.74, 6) is 1.26. The van der Waals surface area contributed by atoms with Crippen molar-refractivity contribution in [1.82, 2.24) is 24.9 Å². The first kappa shape index (κ1) is 24.0. The Hall–Kier alpha value is -2.10. The fraction of sp³-hybridized carbons (Fsp3) is 0.625. The molecule has 0 spiro atoms. The normalized spacial score (nSPS) is 22.0. The summed E-state index contributed by atoms with van der Waals surface area (Å²) in [5, 5.41) is 3.01. The molecule has 3 aliphatic heterocycles. The minimum atomic E-state index is -0.318. The molecule has 0 aromatic heterocycles. The van der Waals surface area contributed by atoms with Gasteiger partial charge in [0.1, 0.15) is 12.6 Å². The quantitative estimate of drug-likeness (QED) is 0.541. The van der Waals surface area contributed by atoms with E-state index in [0.29, 0.717) is 30.3 Å². The molecule has 1 N–H and O–H groups in total. The molecule has 9 heteroatoms. The van der Waals surface area contributed by atoms with Crippen molar-refractivity contribution in [2.45, 2.75) is 32.4 Å². The zero-order chi connectivity index (χ0) is 23.2. The van der Waals surface area contributed by atoms with Gasteiger partial charge in [-0.1, -0.05) is 19.1 Å². The van der Waals surface area contributed by atoms with Gasteiger partial charge in [-0.15, -0.1) is 11.8 Å². The Morgan fingerprint density at radius 2 is 1.76 bits per heavy atom. The molecule has 4 rings (SSSR count). The lowest BCUT2D eigenvalue weighted by atomic mass is 10.1. The summed E-state index contributed by atoms with van der Waals surface area (Å²) in [6.07, 6.45) is 2.15. The van der Waals surface area contributed by atoms with Crippen molar-refractivity contribution in [3.8, 4) is 0 Å². The van der Waals surface area contributed by atoms with E-state index in [4.69, 9.17) is 0 Å². The highest BCUT2D eigenvalue weighted by atomic mass is 32.2.